The number of hydrogen-bond acceptors (Lipinski definition) is 3. The van der Waals surface area contributed by atoms with Crippen molar-refractivity contribution in [3.63, 3.8) is 0 Å². The largest absolute Gasteiger partial charge is 1.00 e. The van der Waals surface area contributed by atoms with Crippen molar-refractivity contribution < 1.29 is 39.5 Å². The van der Waals surface area contributed by atoms with E-state index in [-0.39, 0.29) is 42.0 Å². The van der Waals surface area contributed by atoms with E-state index in [4.69, 9.17) is 0 Å². The first-order valence-electron chi connectivity index (χ1n) is 16.6. The Hall–Kier alpha value is 0.430. The molecule has 0 aliphatic heterocycles. The second-order valence-corrected chi connectivity index (χ2v) is 11.5. The van der Waals surface area contributed by atoms with Crippen LogP contribution < -0.4 is 34.7 Å². The summed E-state index contributed by atoms with van der Waals surface area (Å²) in [5.41, 5.74) is 0. The Morgan fingerprint density at radius 2 is 0.784 bits per heavy atom. The third-order valence-electron chi connectivity index (χ3n) is 7.99. The van der Waals surface area contributed by atoms with Crippen molar-refractivity contribution in [2.45, 2.75) is 194 Å². The Balaban J connectivity index is 0. The fraction of sp³-hybridized carbons (Fsp3) is 0.970. The third-order valence-corrected chi connectivity index (χ3v) is 7.99. The molecule has 0 spiro atoms. The predicted molar refractivity (Wildman–Crippen MR) is 157 cm³/mol. The van der Waals surface area contributed by atoms with Gasteiger partial charge in [0.1, 0.15) is 0 Å². The molecule has 0 saturated carbocycles. The molecule has 1 unspecified atom stereocenters. The molecule has 37 heavy (non-hydrogen) atoms. The van der Waals surface area contributed by atoms with E-state index in [1.165, 1.54) is 154 Å². The van der Waals surface area contributed by atoms with Gasteiger partial charge in [0, 0.05) is 18.4 Å². The Kier molecular flexibility index (Phi) is 34.9. The normalized spacial score (nSPS) is 12.1. The smallest absolute Gasteiger partial charge is 0.550 e. The predicted octanol–water partition coefficient (Wildman–Crippen LogP) is 6.61. The topological polar surface area (TPSA) is 43.4 Å². The van der Waals surface area contributed by atoms with E-state index in [2.05, 4.69) is 25.7 Å². The number of carbonyl (C=O) groups excluding carboxylic acids is 1. The number of nitrogens with zero attached hydrogens (tertiary/aromatic N) is 1. The number of rotatable bonds is 30. The van der Waals surface area contributed by atoms with Crippen molar-refractivity contribution in [1.29, 1.82) is 0 Å². The number of carboxylic acid groups (broad SMARTS) is 1. The maximum Gasteiger partial charge on any atom is 1.00 e. The van der Waals surface area contributed by atoms with Crippen LogP contribution in [0.25, 0.3) is 0 Å². The molecule has 0 N–H and O–H groups in total. The molecule has 0 aliphatic carbocycles. The van der Waals surface area contributed by atoms with Gasteiger partial charge < -0.3 is 14.8 Å². The van der Waals surface area contributed by atoms with E-state index >= 15 is 0 Å². The molecule has 0 saturated heterocycles. The van der Waals surface area contributed by atoms with Crippen LogP contribution in [0.4, 0.5) is 0 Å². The molecule has 0 radical (unpaired) electrons. The van der Waals surface area contributed by atoms with Crippen molar-refractivity contribution >= 4 is 5.97 Å². The van der Waals surface area contributed by atoms with Crippen molar-refractivity contribution in [1.82, 2.24) is 4.90 Å². The van der Waals surface area contributed by atoms with Crippen LogP contribution in [-0.4, -0.2) is 30.0 Å². The number of carboxylic acids is 1. The van der Waals surface area contributed by atoms with Gasteiger partial charge >= 0.3 is 29.6 Å². The SMILES string of the molecule is CCCCCCCCCCCCCCN(CCCCCCCCCCCCCC)C(CC)CC(=O)[O-].[Na+]. The van der Waals surface area contributed by atoms with Gasteiger partial charge in [-0.1, -0.05) is 162 Å². The quantitative estimate of drug-likeness (QED) is 0.0773. The number of carbonyl (C=O) groups is 1. The molecule has 216 valence electrons. The van der Waals surface area contributed by atoms with Crippen molar-refractivity contribution in [2.24, 2.45) is 0 Å². The van der Waals surface area contributed by atoms with E-state index < -0.39 is 5.97 Å². The van der Waals surface area contributed by atoms with E-state index in [9.17, 15) is 9.90 Å². The Labute approximate surface area is 256 Å². The summed E-state index contributed by atoms with van der Waals surface area (Å²) in [6.07, 6.45) is 33.9. The van der Waals surface area contributed by atoms with Gasteiger partial charge in [-0.2, -0.15) is 0 Å². The average molecular weight is 532 g/mol. The monoisotopic (exact) mass is 531 g/mol. The molecule has 0 fully saturated rings. The van der Waals surface area contributed by atoms with Gasteiger partial charge in [0.15, 0.2) is 0 Å². The molecule has 0 aromatic rings. The summed E-state index contributed by atoms with van der Waals surface area (Å²) in [6, 6.07) is 0.149. The van der Waals surface area contributed by atoms with Crippen LogP contribution in [0.2, 0.25) is 0 Å². The van der Waals surface area contributed by atoms with Crippen molar-refractivity contribution in [3.8, 4) is 0 Å². The summed E-state index contributed by atoms with van der Waals surface area (Å²) in [4.78, 5) is 13.8. The Bertz CT molecular complexity index is 418. The van der Waals surface area contributed by atoms with E-state index in [0.717, 1.165) is 19.5 Å². The Morgan fingerprint density at radius 3 is 1.03 bits per heavy atom. The molecule has 0 aliphatic rings. The van der Waals surface area contributed by atoms with Crippen LogP contribution in [0, 0.1) is 0 Å². The summed E-state index contributed by atoms with van der Waals surface area (Å²) in [7, 11) is 0. The first-order chi connectivity index (χ1) is 17.7. The van der Waals surface area contributed by atoms with Crippen LogP contribution in [0.5, 0.6) is 0 Å². The van der Waals surface area contributed by atoms with Gasteiger partial charge in [-0.25, -0.2) is 0 Å². The first-order valence-corrected chi connectivity index (χ1v) is 16.6. The third kappa shape index (κ3) is 29.2. The number of hydrogen-bond donors (Lipinski definition) is 0. The van der Waals surface area contributed by atoms with Gasteiger partial charge in [-0.05, 0) is 32.4 Å². The molecule has 0 bridgehead atoms. The molecule has 0 heterocycles. The zero-order valence-electron chi connectivity index (χ0n) is 26.1. The molecule has 0 aromatic heterocycles. The molecule has 4 heteroatoms. The van der Waals surface area contributed by atoms with Crippen LogP contribution in [0.3, 0.4) is 0 Å². The summed E-state index contributed by atoms with van der Waals surface area (Å²) in [5.74, 6) is -0.892. The minimum absolute atomic E-state index is 0. The van der Waals surface area contributed by atoms with E-state index in [0.29, 0.717) is 0 Å². The van der Waals surface area contributed by atoms with Gasteiger partial charge in [0.05, 0.1) is 0 Å². The molecule has 0 amide bonds. The van der Waals surface area contributed by atoms with Crippen LogP contribution >= 0.6 is 0 Å². The average Bonchev–Trinajstić information content (AvgIpc) is 2.87. The van der Waals surface area contributed by atoms with Gasteiger partial charge in [-0.3, -0.25) is 0 Å². The second-order valence-electron chi connectivity index (χ2n) is 11.5. The minimum Gasteiger partial charge on any atom is -0.550 e. The number of aliphatic carboxylic acids is 1. The Morgan fingerprint density at radius 1 is 0.514 bits per heavy atom. The fourth-order valence-electron chi connectivity index (χ4n) is 5.51. The maximum absolute atomic E-state index is 11.3. The summed E-state index contributed by atoms with van der Waals surface area (Å²) < 4.78 is 0. The van der Waals surface area contributed by atoms with Crippen LogP contribution in [-0.2, 0) is 4.79 Å². The second kappa shape index (κ2) is 32.6. The van der Waals surface area contributed by atoms with Gasteiger partial charge in [0.2, 0.25) is 0 Å². The van der Waals surface area contributed by atoms with Gasteiger partial charge in [-0.15, -0.1) is 0 Å². The zero-order chi connectivity index (χ0) is 26.5. The van der Waals surface area contributed by atoms with Crippen LogP contribution in [0.15, 0.2) is 0 Å². The zero-order valence-corrected chi connectivity index (χ0v) is 28.1. The van der Waals surface area contributed by atoms with Crippen LogP contribution in [0.1, 0.15) is 188 Å². The van der Waals surface area contributed by atoms with Crippen molar-refractivity contribution in [2.75, 3.05) is 13.1 Å². The summed E-state index contributed by atoms with van der Waals surface area (Å²) >= 11 is 0. The number of unbranched alkanes of at least 4 members (excludes halogenated alkanes) is 22. The molecule has 3 nitrogen and oxygen atoms in total. The summed E-state index contributed by atoms with van der Waals surface area (Å²) in [5, 5.41) is 11.3. The van der Waals surface area contributed by atoms with Crippen molar-refractivity contribution in [3.05, 3.63) is 0 Å². The van der Waals surface area contributed by atoms with E-state index in [1.807, 2.05) is 0 Å². The first kappa shape index (κ1) is 39.6. The summed E-state index contributed by atoms with van der Waals surface area (Å²) in [6.45, 7) is 8.81. The fourth-order valence-corrected chi connectivity index (χ4v) is 5.51. The molecular weight excluding hydrogens is 465 g/mol. The minimum atomic E-state index is -0.892. The maximum atomic E-state index is 11.3. The van der Waals surface area contributed by atoms with Gasteiger partial charge in [0.25, 0.3) is 0 Å². The molecule has 0 aromatic carbocycles. The molecule has 1 atom stereocenters. The molecule has 0 rings (SSSR count). The molecular formula is C33H66NNaO2. The standard InChI is InChI=1S/C33H67NO2.Na/c1-4-7-9-11-13-15-17-19-21-23-25-27-29-34(32(6-3)31-33(35)36)30-28-26-24-22-20-18-16-14-12-10-8-5-2;/h32H,4-31H2,1-3H3,(H,35,36);/q;+1/p-1. The van der Waals surface area contributed by atoms with E-state index in [1.54, 1.807) is 0 Å².